The molecule has 0 aromatic heterocycles. The number of ether oxygens (including phenoxy) is 2. The lowest BCUT2D eigenvalue weighted by atomic mass is 10.0. The highest BCUT2D eigenvalue weighted by atomic mass is 35.5. The zero-order chi connectivity index (χ0) is 11.8. The number of hydrogen-bond donors (Lipinski definition) is 1. The molecule has 1 heterocycles. The summed E-state index contributed by atoms with van der Waals surface area (Å²) in [5, 5.41) is 3.27. The molecule has 17 heavy (non-hydrogen) atoms. The van der Waals surface area contributed by atoms with Gasteiger partial charge < -0.3 is 14.8 Å². The van der Waals surface area contributed by atoms with Gasteiger partial charge in [-0.25, -0.2) is 4.79 Å². The largest absolute Gasteiger partial charge is 0.463 e. The molecule has 0 amide bonds. The van der Waals surface area contributed by atoms with E-state index in [9.17, 15) is 4.79 Å². The molecule has 1 rings (SSSR count). The number of piperidine rings is 1. The van der Waals surface area contributed by atoms with Crippen LogP contribution >= 0.6 is 12.4 Å². The average molecular weight is 264 g/mol. The van der Waals surface area contributed by atoms with E-state index in [1.54, 1.807) is 0 Å². The Morgan fingerprint density at radius 3 is 2.65 bits per heavy atom. The first-order valence-electron chi connectivity index (χ1n) is 5.96. The standard InChI is InChI=1S/C12H21NO3.ClH/c1-3-15-9-11(12(14)16-4-2)10-6-5-7-13-8-10;/h13H,3-9H2,1-2H3;1H/b11-10-;. The normalized spacial score (nSPS) is 18.2. The number of hydrogen-bond acceptors (Lipinski definition) is 4. The van der Waals surface area contributed by atoms with Crippen molar-refractivity contribution in [1.29, 1.82) is 0 Å². The van der Waals surface area contributed by atoms with Gasteiger partial charge in [0.1, 0.15) is 0 Å². The highest BCUT2D eigenvalue weighted by Crippen LogP contribution is 2.16. The van der Waals surface area contributed by atoms with Gasteiger partial charge in [0.25, 0.3) is 0 Å². The topological polar surface area (TPSA) is 47.6 Å². The maximum Gasteiger partial charge on any atom is 0.336 e. The summed E-state index contributed by atoms with van der Waals surface area (Å²) in [6.45, 7) is 6.94. The Hall–Kier alpha value is -0.580. The maximum absolute atomic E-state index is 11.8. The van der Waals surface area contributed by atoms with Crippen molar-refractivity contribution in [3.8, 4) is 0 Å². The highest BCUT2D eigenvalue weighted by molar-refractivity contribution is 5.89. The van der Waals surface area contributed by atoms with E-state index in [-0.39, 0.29) is 18.4 Å². The van der Waals surface area contributed by atoms with Gasteiger partial charge in [-0.05, 0) is 38.8 Å². The van der Waals surface area contributed by atoms with Crippen LogP contribution in [0.15, 0.2) is 11.1 Å². The summed E-state index contributed by atoms with van der Waals surface area (Å²) in [6.07, 6.45) is 2.04. The predicted molar refractivity (Wildman–Crippen MR) is 69.5 cm³/mol. The Labute approximate surface area is 109 Å². The number of rotatable bonds is 5. The van der Waals surface area contributed by atoms with Crippen LogP contribution in [0.3, 0.4) is 0 Å². The smallest absolute Gasteiger partial charge is 0.336 e. The lowest BCUT2D eigenvalue weighted by Gasteiger charge is -2.19. The van der Waals surface area contributed by atoms with Crippen LogP contribution in [0.25, 0.3) is 0 Å². The molecule has 1 aliphatic rings. The van der Waals surface area contributed by atoms with Crippen LogP contribution < -0.4 is 5.32 Å². The quantitative estimate of drug-likeness (QED) is 0.606. The number of esters is 1. The van der Waals surface area contributed by atoms with E-state index in [0.29, 0.717) is 25.4 Å². The highest BCUT2D eigenvalue weighted by Gasteiger charge is 2.18. The zero-order valence-corrected chi connectivity index (χ0v) is 11.4. The van der Waals surface area contributed by atoms with Gasteiger partial charge in [-0.2, -0.15) is 0 Å². The van der Waals surface area contributed by atoms with Gasteiger partial charge in [-0.15, -0.1) is 12.4 Å². The molecule has 1 N–H and O–H groups in total. The van der Waals surface area contributed by atoms with E-state index in [1.165, 1.54) is 0 Å². The van der Waals surface area contributed by atoms with Crippen LogP contribution in [-0.4, -0.2) is 38.9 Å². The fourth-order valence-corrected chi connectivity index (χ4v) is 1.74. The van der Waals surface area contributed by atoms with Gasteiger partial charge in [0.05, 0.1) is 18.8 Å². The summed E-state index contributed by atoms with van der Waals surface area (Å²) in [5.41, 5.74) is 1.84. The Morgan fingerprint density at radius 2 is 2.12 bits per heavy atom. The van der Waals surface area contributed by atoms with E-state index >= 15 is 0 Å². The number of halogens is 1. The van der Waals surface area contributed by atoms with Crippen LogP contribution in [0.2, 0.25) is 0 Å². The third kappa shape index (κ3) is 5.52. The van der Waals surface area contributed by atoms with Crippen molar-refractivity contribution < 1.29 is 14.3 Å². The van der Waals surface area contributed by atoms with Gasteiger partial charge in [-0.1, -0.05) is 0 Å². The third-order valence-corrected chi connectivity index (χ3v) is 2.57. The molecule has 0 aromatic carbocycles. The SMILES string of the molecule is CCOC/C(C(=O)OCC)=C1\CCCNC1.Cl. The van der Waals surface area contributed by atoms with Crippen molar-refractivity contribution in [2.24, 2.45) is 0 Å². The maximum atomic E-state index is 11.8. The van der Waals surface area contributed by atoms with Crippen LogP contribution in [0.5, 0.6) is 0 Å². The van der Waals surface area contributed by atoms with Crippen LogP contribution in [0.4, 0.5) is 0 Å². The van der Waals surface area contributed by atoms with Gasteiger partial charge >= 0.3 is 5.97 Å². The molecule has 0 atom stereocenters. The molecule has 0 unspecified atom stereocenters. The van der Waals surface area contributed by atoms with E-state index in [0.717, 1.165) is 31.5 Å². The molecule has 0 aromatic rings. The molecule has 0 saturated carbocycles. The Kier molecular flexibility index (Phi) is 9.13. The summed E-state index contributed by atoms with van der Waals surface area (Å²) in [4.78, 5) is 11.8. The molecular formula is C12H22ClNO3. The lowest BCUT2D eigenvalue weighted by molar-refractivity contribution is -0.139. The third-order valence-electron chi connectivity index (χ3n) is 2.57. The van der Waals surface area contributed by atoms with Crippen molar-refractivity contribution in [2.75, 3.05) is 32.9 Å². The van der Waals surface area contributed by atoms with Crippen molar-refractivity contribution in [3.05, 3.63) is 11.1 Å². The van der Waals surface area contributed by atoms with Crippen molar-refractivity contribution in [3.63, 3.8) is 0 Å². The Balaban J connectivity index is 0.00000256. The van der Waals surface area contributed by atoms with Gasteiger partial charge in [0.15, 0.2) is 0 Å². The van der Waals surface area contributed by atoms with Gasteiger partial charge in [-0.3, -0.25) is 0 Å². The van der Waals surface area contributed by atoms with Crippen molar-refractivity contribution >= 4 is 18.4 Å². The molecule has 0 bridgehead atoms. The predicted octanol–water partition coefficient (Wildman–Crippen LogP) is 1.69. The summed E-state index contributed by atoms with van der Waals surface area (Å²) in [7, 11) is 0. The summed E-state index contributed by atoms with van der Waals surface area (Å²) >= 11 is 0. The minimum absolute atomic E-state index is 0. The molecular weight excluding hydrogens is 242 g/mol. The average Bonchev–Trinajstić information content (AvgIpc) is 2.31. The molecule has 100 valence electrons. The Morgan fingerprint density at radius 1 is 1.35 bits per heavy atom. The molecule has 4 nitrogen and oxygen atoms in total. The molecule has 1 saturated heterocycles. The first-order valence-corrected chi connectivity index (χ1v) is 5.96. The van der Waals surface area contributed by atoms with E-state index in [4.69, 9.17) is 9.47 Å². The molecule has 0 spiro atoms. The van der Waals surface area contributed by atoms with Crippen molar-refractivity contribution in [1.82, 2.24) is 5.32 Å². The molecule has 5 heteroatoms. The molecule has 1 aliphatic heterocycles. The molecule has 1 fully saturated rings. The second-order valence-electron chi connectivity index (χ2n) is 3.72. The minimum Gasteiger partial charge on any atom is -0.463 e. The van der Waals surface area contributed by atoms with Crippen LogP contribution in [0, 0.1) is 0 Å². The summed E-state index contributed by atoms with van der Waals surface area (Å²) in [6, 6.07) is 0. The summed E-state index contributed by atoms with van der Waals surface area (Å²) in [5.74, 6) is -0.227. The monoisotopic (exact) mass is 263 g/mol. The van der Waals surface area contributed by atoms with Crippen LogP contribution in [0.1, 0.15) is 26.7 Å². The van der Waals surface area contributed by atoms with E-state index in [1.807, 2.05) is 13.8 Å². The van der Waals surface area contributed by atoms with Crippen LogP contribution in [-0.2, 0) is 14.3 Å². The van der Waals surface area contributed by atoms with Crippen molar-refractivity contribution in [2.45, 2.75) is 26.7 Å². The zero-order valence-electron chi connectivity index (χ0n) is 10.6. The number of carbonyl (C=O) groups excluding carboxylic acids is 1. The second-order valence-corrected chi connectivity index (χ2v) is 3.72. The Bertz CT molecular complexity index is 258. The van der Waals surface area contributed by atoms with E-state index < -0.39 is 0 Å². The fraction of sp³-hybridized carbons (Fsp3) is 0.750. The molecule has 0 radical (unpaired) electrons. The lowest BCUT2D eigenvalue weighted by Crippen LogP contribution is -2.27. The molecule has 0 aliphatic carbocycles. The van der Waals surface area contributed by atoms with Gasteiger partial charge in [0, 0.05) is 13.2 Å². The second kappa shape index (κ2) is 9.45. The minimum atomic E-state index is -0.227. The number of carbonyl (C=O) groups is 1. The fourth-order valence-electron chi connectivity index (χ4n) is 1.74. The number of nitrogens with one attached hydrogen (secondary N) is 1. The van der Waals surface area contributed by atoms with Gasteiger partial charge in [0.2, 0.25) is 0 Å². The first kappa shape index (κ1) is 16.4. The first-order chi connectivity index (χ1) is 7.79. The van der Waals surface area contributed by atoms with E-state index in [2.05, 4.69) is 5.32 Å². The summed E-state index contributed by atoms with van der Waals surface area (Å²) < 4.78 is 10.4.